The van der Waals surface area contributed by atoms with Crippen LogP contribution in [0.4, 0.5) is 5.69 Å². The van der Waals surface area contributed by atoms with Gasteiger partial charge in [-0.05, 0) is 56.2 Å². The van der Waals surface area contributed by atoms with E-state index in [9.17, 15) is 4.79 Å². The molecule has 1 saturated heterocycles. The second-order valence-electron chi connectivity index (χ2n) is 6.25. The third-order valence-electron chi connectivity index (χ3n) is 4.06. The van der Waals surface area contributed by atoms with E-state index in [1.807, 2.05) is 49.4 Å². The summed E-state index contributed by atoms with van der Waals surface area (Å²) >= 11 is 5.24. The number of carbonyl (C=O) groups excluding carboxylic acids is 1. The highest BCUT2D eigenvalue weighted by Crippen LogP contribution is 2.19. The summed E-state index contributed by atoms with van der Waals surface area (Å²) in [7, 11) is 0. The molecule has 1 heterocycles. The van der Waals surface area contributed by atoms with Gasteiger partial charge in [-0.3, -0.25) is 10.1 Å². The van der Waals surface area contributed by atoms with Crippen molar-refractivity contribution in [3.63, 3.8) is 0 Å². The molecule has 6 heteroatoms. The molecule has 1 aliphatic rings. The molecule has 1 amide bonds. The van der Waals surface area contributed by atoms with Gasteiger partial charge in [-0.15, -0.1) is 0 Å². The molecule has 136 valence electrons. The first-order valence-corrected chi connectivity index (χ1v) is 9.04. The number of amides is 1. The van der Waals surface area contributed by atoms with Crippen LogP contribution >= 0.6 is 12.2 Å². The van der Waals surface area contributed by atoms with Crippen LogP contribution in [-0.2, 0) is 4.74 Å². The first-order chi connectivity index (χ1) is 12.6. The zero-order chi connectivity index (χ0) is 18.4. The Bertz CT molecular complexity index is 788. The number of rotatable bonds is 5. The lowest BCUT2D eigenvalue weighted by atomic mass is 10.1. The Morgan fingerprint density at radius 2 is 2.12 bits per heavy atom. The number of thiocarbonyl (C=S) groups is 1. The summed E-state index contributed by atoms with van der Waals surface area (Å²) < 4.78 is 11.3. The van der Waals surface area contributed by atoms with Crippen molar-refractivity contribution in [2.45, 2.75) is 25.9 Å². The standard InChI is InChI=1S/C20H22N2O3S/c1-14-5-2-6-15(11-14)19(23)22-20(26)21-16-7-3-8-17(12-16)25-13-18-9-4-10-24-18/h2-3,5-8,11-12,18H,4,9-10,13H2,1H3,(H2,21,22,23,26). The predicted octanol–water partition coefficient (Wildman–Crippen LogP) is 3.68. The Morgan fingerprint density at radius 3 is 2.88 bits per heavy atom. The molecule has 1 unspecified atom stereocenters. The number of hydrogen-bond donors (Lipinski definition) is 2. The fourth-order valence-corrected chi connectivity index (χ4v) is 2.96. The first-order valence-electron chi connectivity index (χ1n) is 8.63. The zero-order valence-electron chi connectivity index (χ0n) is 14.7. The molecule has 0 radical (unpaired) electrons. The summed E-state index contributed by atoms with van der Waals surface area (Å²) in [6, 6.07) is 14.8. The monoisotopic (exact) mass is 370 g/mol. The second-order valence-corrected chi connectivity index (χ2v) is 6.66. The Balaban J connectivity index is 1.53. The van der Waals surface area contributed by atoms with E-state index in [4.69, 9.17) is 21.7 Å². The second kappa shape index (κ2) is 8.78. The molecule has 0 spiro atoms. The van der Waals surface area contributed by atoms with Crippen LogP contribution in [0.5, 0.6) is 5.75 Å². The molecule has 26 heavy (non-hydrogen) atoms. The van der Waals surface area contributed by atoms with Crippen molar-refractivity contribution in [1.82, 2.24) is 5.32 Å². The van der Waals surface area contributed by atoms with E-state index >= 15 is 0 Å². The molecule has 5 nitrogen and oxygen atoms in total. The van der Waals surface area contributed by atoms with Crippen molar-refractivity contribution >= 4 is 28.9 Å². The molecular formula is C20H22N2O3S. The molecular weight excluding hydrogens is 348 g/mol. The Morgan fingerprint density at radius 1 is 1.27 bits per heavy atom. The summed E-state index contributed by atoms with van der Waals surface area (Å²) in [5.74, 6) is 0.496. The Labute approximate surface area is 158 Å². The fraction of sp³-hybridized carbons (Fsp3) is 0.300. The van der Waals surface area contributed by atoms with Crippen molar-refractivity contribution in [2.24, 2.45) is 0 Å². The maximum Gasteiger partial charge on any atom is 0.257 e. The SMILES string of the molecule is Cc1cccc(C(=O)NC(=S)Nc2cccc(OCC3CCCO3)c2)c1. The van der Waals surface area contributed by atoms with Crippen LogP contribution in [0.1, 0.15) is 28.8 Å². The lowest BCUT2D eigenvalue weighted by Gasteiger charge is -2.13. The minimum absolute atomic E-state index is 0.168. The summed E-state index contributed by atoms with van der Waals surface area (Å²) in [5, 5.41) is 5.95. The van der Waals surface area contributed by atoms with E-state index in [1.165, 1.54) is 0 Å². The normalized spacial score (nSPS) is 16.1. The van der Waals surface area contributed by atoms with Gasteiger partial charge >= 0.3 is 0 Å². The number of anilines is 1. The molecule has 3 rings (SSSR count). The van der Waals surface area contributed by atoms with Gasteiger partial charge in [-0.1, -0.05) is 23.8 Å². The average Bonchev–Trinajstić information content (AvgIpc) is 3.14. The molecule has 0 bridgehead atoms. The summed E-state index contributed by atoms with van der Waals surface area (Å²) in [6.07, 6.45) is 2.29. The number of hydrogen-bond acceptors (Lipinski definition) is 4. The van der Waals surface area contributed by atoms with Crippen LogP contribution in [-0.4, -0.2) is 30.3 Å². The van der Waals surface area contributed by atoms with Crippen molar-refractivity contribution in [3.8, 4) is 5.75 Å². The molecule has 0 saturated carbocycles. The van der Waals surface area contributed by atoms with Gasteiger partial charge in [0, 0.05) is 23.9 Å². The van der Waals surface area contributed by atoms with Gasteiger partial charge in [0.25, 0.3) is 5.91 Å². The largest absolute Gasteiger partial charge is 0.491 e. The van der Waals surface area contributed by atoms with E-state index in [1.54, 1.807) is 6.07 Å². The van der Waals surface area contributed by atoms with Gasteiger partial charge in [0.1, 0.15) is 12.4 Å². The maximum atomic E-state index is 12.2. The summed E-state index contributed by atoms with van der Waals surface area (Å²) in [5.41, 5.74) is 2.35. The fourth-order valence-electron chi connectivity index (χ4n) is 2.75. The minimum atomic E-state index is -0.239. The highest BCUT2D eigenvalue weighted by molar-refractivity contribution is 7.80. The van der Waals surface area contributed by atoms with Crippen LogP contribution in [0.2, 0.25) is 0 Å². The Hall–Kier alpha value is -2.44. The maximum absolute atomic E-state index is 12.2. The van der Waals surface area contributed by atoms with Crippen LogP contribution in [0.25, 0.3) is 0 Å². The third-order valence-corrected chi connectivity index (χ3v) is 4.26. The van der Waals surface area contributed by atoms with Crippen molar-refractivity contribution in [2.75, 3.05) is 18.5 Å². The van der Waals surface area contributed by atoms with E-state index in [0.717, 1.165) is 36.4 Å². The molecule has 2 N–H and O–H groups in total. The lowest BCUT2D eigenvalue weighted by molar-refractivity contribution is 0.0680. The van der Waals surface area contributed by atoms with E-state index in [0.29, 0.717) is 12.2 Å². The number of benzene rings is 2. The number of ether oxygens (including phenoxy) is 2. The van der Waals surface area contributed by atoms with E-state index in [-0.39, 0.29) is 17.1 Å². The molecule has 1 atom stereocenters. The van der Waals surface area contributed by atoms with E-state index in [2.05, 4.69) is 10.6 Å². The quantitative estimate of drug-likeness (QED) is 0.787. The zero-order valence-corrected chi connectivity index (χ0v) is 15.5. The third kappa shape index (κ3) is 5.28. The van der Waals surface area contributed by atoms with Crippen LogP contribution in [0.3, 0.4) is 0 Å². The topological polar surface area (TPSA) is 59.6 Å². The van der Waals surface area contributed by atoms with Gasteiger partial charge in [-0.25, -0.2) is 0 Å². The number of nitrogens with one attached hydrogen (secondary N) is 2. The van der Waals surface area contributed by atoms with Gasteiger partial charge in [0.05, 0.1) is 6.10 Å². The van der Waals surface area contributed by atoms with Crippen molar-refractivity contribution in [3.05, 3.63) is 59.7 Å². The van der Waals surface area contributed by atoms with Gasteiger partial charge in [0.15, 0.2) is 5.11 Å². The molecule has 1 fully saturated rings. The van der Waals surface area contributed by atoms with Crippen molar-refractivity contribution in [1.29, 1.82) is 0 Å². The van der Waals surface area contributed by atoms with Gasteiger partial charge in [0.2, 0.25) is 0 Å². The molecule has 0 aromatic heterocycles. The Kier molecular flexibility index (Phi) is 6.20. The van der Waals surface area contributed by atoms with Crippen LogP contribution in [0.15, 0.2) is 48.5 Å². The van der Waals surface area contributed by atoms with Crippen molar-refractivity contribution < 1.29 is 14.3 Å². The highest BCUT2D eigenvalue weighted by atomic mass is 32.1. The van der Waals surface area contributed by atoms with Gasteiger partial charge in [-0.2, -0.15) is 0 Å². The lowest BCUT2D eigenvalue weighted by Crippen LogP contribution is -2.34. The average molecular weight is 370 g/mol. The molecule has 2 aromatic rings. The first kappa shape index (κ1) is 18.4. The van der Waals surface area contributed by atoms with Crippen LogP contribution < -0.4 is 15.4 Å². The van der Waals surface area contributed by atoms with E-state index < -0.39 is 0 Å². The molecule has 0 aliphatic carbocycles. The number of aryl methyl sites for hydroxylation is 1. The summed E-state index contributed by atoms with van der Waals surface area (Å²) in [4.78, 5) is 12.2. The number of carbonyl (C=O) groups is 1. The smallest absolute Gasteiger partial charge is 0.257 e. The van der Waals surface area contributed by atoms with Gasteiger partial charge < -0.3 is 14.8 Å². The molecule has 2 aromatic carbocycles. The predicted molar refractivity (Wildman–Crippen MR) is 106 cm³/mol. The van der Waals surface area contributed by atoms with Crippen LogP contribution in [0, 0.1) is 6.92 Å². The highest BCUT2D eigenvalue weighted by Gasteiger charge is 2.16. The summed E-state index contributed by atoms with van der Waals surface area (Å²) in [6.45, 7) is 3.29. The minimum Gasteiger partial charge on any atom is -0.491 e. The molecule has 1 aliphatic heterocycles.